The average Bonchev–Trinajstić information content (AvgIpc) is 3.03. The van der Waals surface area contributed by atoms with Crippen LogP contribution in [0.15, 0.2) is 53.7 Å². The molecule has 2 aromatic heterocycles. The number of anilines is 1. The van der Waals surface area contributed by atoms with E-state index in [-0.39, 0.29) is 17.2 Å². The van der Waals surface area contributed by atoms with E-state index in [4.69, 9.17) is 0 Å². The standard InChI is InChI=1S/C18H20N4OS/c1-12(2)22-16(10-11-19-22)21-18(23)13(3)24-17-9-8-14-6-4-5-7-15(14)20-17/h4-13H,1-3H3,(H,21,23)/t13-/m1/s1. The zero-order valence-corrected chi connectivity index (χ0v) is 14.7. The summed E-state index contributed by atoms with van der Waals surface area (Å²) in [6, 6.07) is 13.9. The van der Waals surface area contributed by atoms with Crippen LogP contribution in [0.2, 0.25) is 0 Å². The van der Waals surface area contributed by atoms with Crippen LogP contribution in [0.1, 0.15) is 26.8 Å². The van der Waals surface area contributed by atoms with E-state index in [0.717, 1.165) is 15.9 Å². The van der Waals surface area contributed by atoms with E-state index in [2.05, 4.69) is 15.4 Å². The number of carbonyl (C=O) groups excluding carboxylic acids is 1. The molecular weight excluding hydrogens is 320 g/mol. The van der Waals surface area contributed by atoms with Crippen molar-refractivity contribution < 1.29 is 4.79 Å². The van der Waals surface area contributed by atoms with Crippen molar-refractivity contribution in [2.75, 3.05) is 5.32 Å². The van der Waals surface area contributed by atoms with Crippen LogP contribution >= 0.6 is 11.8 Å². The molecule has 0 bridgehead atoms. The Balaban J connectivity index is 1.70. The molecule has 124 valence electrons. The lowest BCUT2D eigenvalue weighted by atomic mass is 10.2. The molecule has 0 aliphatic rings. The van der Waals surface area contributed by atoms with Gasteiger partial charge >= 0.3 is 0 Å². The topological polar surface area (TPSA) is 59.8 Å². The van der Waals surface area contributed by atoms with Gasteiger partial charge in [0.1, 0.15) is 5.82 Å². The van der Waals surface area contributed by atoms with Crippen LogP contribution in [0.5, 0.6) is 0 Å². The summed E-state index contributed by atoms with van der Waals surface area (Å²) in [5, 5.41) is 8.85. The highest BCUT2D eigenvalue weighted by Crippen LogP contribution is 2.25. The van der Waals surface area contributed by atoms with E-state index in [1.54, 1.807) is 10.9 Å². The van der Waals surface area contributed by atoms with Crippen molar-refractivity contribution in [2.45, 2.75) is 37.1 Å². The number of pyridine rings is 1. The Kier molecular flexibility index (Phi) is 4.85. The number of rotatable bonds is 5. The van der Waals surface area contributed by atoms with Gasteiger partial charge in [-0.2, -0.15) is 5.10 Å². The maximum Gasteiger partial charge on any atom is 0.238 e. The summed E-state index contributed by atoms with van der Waals surface area (Å²) in [4.78, 5) is 17.1. The van der Waals surface area contributed by atoms with Crippen LogP contribution in [0.25, 0.3) is 10.9 Å². The molecule has 1 atom stereocenters. The van der Waals surface area contributed by atoms with Crippen LogP contribution in [-0.4, -0.2) is 25.9 Å². The number of hydrogen-bond acceptors (Lipinski definition) is 4. The van der Waals surface area contributed by atoms with Crippen molar-refractivity contribution in [2.24, 2.45) is 0 Å². The quantitative estimate of drug-likeness (QED) is 0.709. The number of thioether (sulfide) groups is 1. The Morgan fingerprint density at radius 3 is 2.71 bits per heavy atom. The first-order chi connectivity index (χ1) is 11.5. The Hall–Kier alpha value is -2.34. The molecule has 1 aromatic carbocycles. The number of carbonyl (C=O) groups is 1. The lowest BCUT2D eigenvalue weighted by Gasteiger charge is -2.14. The van der Waals surface area contributed by atoms with E-state index >= 15 is 0 Å². The zero-order chi connectivity index (χ0) is 17.1. The average molecular weight is 340 g/mol. The van der Waals surface area contributed by atoms with Crippen molar-refractivity contribution in [3.05, 3.63) is 48.7 Å². The molecular formula is C18H20N4OS. The smallest absolute Gasteiger partial charge is 0.238 e. The molecule has 5 nitrogen and oxygen atoms in total. The fourth-order valence-corrected chi connectivity index (χ4v) is 3.23. The van der Waals surface area contributed by atoms with Gasteiger partial charge in [-0.3, -0.25) is 4.79 Å². The van der Waals surface area contributed by atoms with Gasteiger partial charge in [-0.1, -0.05) is 36.0 Å². The number of nitrogens with one attached hydrogen (secondary N) is 1. The second-order valence-corrected chi connectivity index (χ2v) is 7.21. The Morgan fingerprint density at radius 1 is 1.12 bits per heavy atom. The van der Waals surface area contributed by atoms with E-state index < -0.39 is 0 Å². The van der Waals surface area contributed by atoms with Gasteiger partial charge in [0.2, 0.25) is 5.91 Å². The summed E-state index contributed by atoms with van der Waals surface area (Å²) >= 11 is 1.45. The molecule has 0 saturated carbocycles. The van der Waals surface area contributed by atoms with Crippen molar-refractivity contribution >= 4 is 34.4 Å². The third-order valence-electron chi connectivity index (χ3n) is 3.65. The SMILES string of the molecule is CC(C)n1nccc1NC(=O)[C@@H](C)Sc1ccc2ccccc2n1. The van der Waals surface area contributed by atoms with Gasteiger partial charge in [-0.15, -0.1) is 0 Å². The van der Waals surface area contributed by atoms with Gasteiger partial charge in [0.25, 0.3) is 0 Å². The first-order valence-corrected chi connectivity index (χ1v) is 8.79. The molecule has 2 heterocycles. The maximum atomic E-state index is 12.5. The summed E-state index contributed by atoms with van der Waals surface area (Å²) in [5.41, 5.74) is 0.938. The highest BCUT2D eigenvalue weighted by molar-refractivity contribution is 8.00. The monoisotopic (exact) mass is 340 g/mol. The van der Waals surface area contributed by atoms with Crippen molar-refractivity contribution in [3.8, 4) is 0 Å². The third-order valence-corrected chi connectivity index (χ3v) is 4.69. The minimum Gasteiger partial charge on any atom is -0.310 e. The number of hydrogen-bond donors (Lipinski definition) is 1. The second-order valence-electron chi connectivity index (χ2n) is 5.85. The number of para-hydroxylation sites is 1. The molecule has 6 heteroatoms. The largest absolute Gasteiger partial charge is 0.310 e. The van der Waals surface area contributed by atoms with E-state index in [1.165, 1.54) is 11.8 Å². The number of aromatic nitrogens is 3. The molecule has 3 aromatic rings. The highest BCUT2D eigenvalue weighted by Gasteiger charge is 2.17. The lowest BCUT2D eigenvalue weighted by Crippen LogP contribution is -2.24. The van der Waals surface area contributed by atoms with Crippen molar-refractivity contribution in [3.63, 3.8) is 0 Å². The number of fused-ring (bicyclic) bond motifs is 1. The predicted octanol–water partition coefficient (Wildman–Crippen LogP) is 4.13. The molecule has 0 unspecified atom stereocenters. The van der Waals surface area contributed by atoms with Gasteiger partial charge in [0.05, 0.1) is 22.0 Å². The molecule has 1 amide bonds. The van der Waals surface area contributed by atoms with E-state index in [0.29, 0.717) is 5.82 Å². The summed E-state index contributed by atoms with van der Waals surface area (Å²) in [7, 11) is 0. The fourth-order valence-electron chi connectivity index (χ4n) is 2.40. The fraction of sp³-hybridized carbons (Fsp3) is 0.278. The number of nitrogens with zero attached hydrogens (tertiary/aromatic N) is 3. The molecule has 0 aliphatic heterocycles. The van der Waals surface area contributed by atoms with Gasteiger partial charge in [-0.05, 0) is 32.9 Å². The summed E-state index contributed by atoms with van der Waals surface area (Å²) in [6.07, 6.45) is 1.69. The summed E-state index contributed by atoms with van der Waals surface area (Å²) in [5.74, 6) is 0.659. The lowest BCUT2D eigenvalue weighted by molar-refractivity contribution is -0.115. The first-order valence-electron chi connectivity index (χ1n) is 7.91. The van der Waals surface area contributed by atoms with Crippen LogP contribution in [-0.2, 0) is 4.79 Å². The second kappa shape index (κ2) is 7.05. The van der Waals surface area contributed by atoms with Crippen LogP contribution in [0.4, 0.5) is 5.82 Å². The first kappa shape index (κ1) is 16.5. The number of amides is 1. The molecule has 1 N–H and O–H groups in total. The summed E-state index contributed by atoms with van der Waals surface area (Å²) < 4.78 is 1.80. The van der Waals surface area contributed by atoms with Gasteiger partial charge in [0.15, 0.2) is 0 Å². The Labute approximate surface area is 145 Å². The molecule has 0 radical (unpaired) electrons. The molecule has 0 saturated heterocycles. The molecule has 0 fully saturated rings. The predicted molar refractivity (Wildman–Crippen MR) is 98.3 cm³/mol. The molecule has 3 rings (SSSR count). The summed E-state index contributed by atoms with van der Waals surface area (Å²) in [6.45, 7) is 5.94. The molecule has 0 spiro atoms. The van der Waals surface area contributed by atoms with E-state index in [9.17, 15) is 4.79 Å². The normalized spacial score (nSPS) is 12.5. The highest BCUT2D eigenvalue weighted by atomic mass is 32.2. The number of benzene rings is 1. The van der Waals surface area contributed by atoms with Gasteiger partial charge in [-0.25, -0.2) is 9.67 Å². The molecule has 24 heavy (non-hydrogen) atoms. The van der Waals surface area contributed by atoms with Crippen molar-refractivity contribution in [1.82, 2.24) is 14.8 Å². The Morgan fingerprint density at radius 2 is 1.92 bits per heavy atom. The van der Waals surface area contributed by atoms with Crippen LogP contribution in [0.3, 0.4) is 0 Å². The van der Waals surface area contributed by atoms with Crippen molar-refractivity contribution in [1.29, 1.82) is 0 Å². The van der Waals surface area contributed by atoms with Gasteiger partial charge < -0.3 is 5.32 Å². The van der Waals surface area contributed by atoms with E-state index in [1.807, 2.05) is 63.2 Å². The minimum atomic E-state index is -0.255. The third kappa shape index (κ3) is 3.59. The Bertz CT molecular complexity index is 859. The minimum absolute atomic E-state index is 0.0580. The maximum absolute atomic E-state index is 12.5. The molecule has 0 aliphatic carbocycles. The zero-order valence-electron chi connectivity index (χ0n) is 13.9. The van der Waals surface area contributed by atoms with Gasteiger partial charge in [0, 0.05) is 17.5 Å². The van der Waals surface area contributed by atoms with Crippen LogP contribution < -0.4 is 5.32 Å². The van der Waals surface area contributed by atoms with Crippen LogP contribution in [0, 0.1) is 0 Å².